The number of alkyl halides is 3. The van der Waals surface area contributed by atoms with Crippen molar-refractivity contribution in [3.8, 4) is 0 Å². The van der Waals surface area contributed by atoms with Crippen LogP contribution in [0.25, 0.3) is 0 Å². The molecule has 130 valence electrons. The zero-order chi connectivity index (χ0) is 17.8. The lowest BCUT2D eigenvalue weighted by Gasteiger charge is -2.26. The lowest BCUT2D eigenvalue weighted by molar-refractivity contribution is -0.136. The van der Waals surface area contributed by atoms with Crippen molar-refractivity contribution in [2.45, 2.75) is 19.1 Å². The third kappa shape index (κ3) is 5.23. The van der Waals surface area contributed by atoms with Gasteiger partial charge in [-0.25, -0.2) is 4.79 Å². The standard InChI is InChI=1S/C15H22F3N3OS/c1-10(9-23-5)21(4)14(22)19-13-7-6-11(20(2)3)8-12(13)15(16,17)18/h6-8,10H,9H2,1-5H3,(H,19,22). The first kappa shape index (κ1) is 19.5. The summed E-state index contributed by atoms with van der Waals surface area (Å²) in [6.07, 6.45) is -2.64. The zero-order valence-corrected chi connectivity index (χ0v) is 14.7. The number of thioether (sulfide) groups is 1. The summed E-state index contributed by atoms with van der Waals surface area (Å²) >= 11 is 1.57. The van der Waals surface area contributed by atoms with E-state index in [0.29, 0.717) is 11.4 Å². The third-order valence-electron chi connectivity index (χ3n) is 3.46. The number of rotatable bonds is 5. The average Bonchev–Trinajstić information content (AvgIpc) is 2.45. The first-order chi connectivity index (χ1) is 10.6. The molecule has 1 N–H and O–H groups in total. The normalized spacial score (nSPS) is 12.7. The lowest BCUT2D eigenvalue weighted by atomic mass is 10.1. The van der Waals surface area contributed by atoms with Crippen LogP contribution in [0, 0.1) is 0 Å². The maximum absolute atomic E-state index is 13.2. The Balaban J connectivity index is 3.06. The Morgan fingerprint density at radius 3 is 2.39 bits per heavy atom. The van der Waals surface area contributed by atoms with Crippen molar-refractivity contribution in [2.24, 2.45) is 0 Å². The summed E-state index contributed by atoms with van der Waals surface area (Å²) in [5.41, 5.74) is -0.682. The first-order valence-electron chi connectivity index (χ1n) is 6.99. The van der Waals surface area contributed by atoms with Crippen LogP contribution in [0.4, 0.5) is 29.3 Å². The van der Waals surface area contributed by atoms with Crippen LogP contribution in [0.5, 0.6) is 0 Å². The molecule has 0 heterocycles. The van der Waals surface area contributed by atoms with Crippen LogP contribution >= 0.6 is 11.8 Å². The van der Waals surface area contributed by atoms with Crippen LogP contribution in [0.15, 0.2) is 18.2 Å². The van der Waals surface area contributed by atoms with Gasteiger partial charge in [-0.3, -0.25) is 0 Å². The van der Waals surface area contributed by atoms with Crippen LogP contribution in [0.3, 0.4) is 0 Å². The number of halogens is 3. The van der Waals surface area contributed by atoms with Crippen molar-refractivity contribution in [1.82, 2.24) is 4.90 Å². The molecule has 0 bridgehead atoms. The Hall–Kier alpha value is -1.57. The monoisotopic (exact) mass is 349 g/mol. The molecular weight excluding hydrogens is 327 g/mol. The SMILES string of the molecule is CSCC(C)N(C)C(=O)Nc1ccc(N(C)C)cc1C(F)(F)F. The van der Waals surface area contributed by atoms with E-state index in [1.54, 1.807) is 37.8 Å². The molecule has 0 aromatic heterocycles. The molecule has 2 amide bonds. The van der Waals surface area contributed by atoms with Crippen molar-refractivity contribution in [3.05, 3.63) is 23.8 Å². The average molecular weight is 349 g/mol. The highest BCUT2D eigenvalue weighted by atomic mass is 32.2. The van der Waals surface area contributed by atoms with Gasteiger partial charge in [0, 0.05) is 38.6 Å². The van der Waals surface area contributed by atoms with Crippen LogP contribution in [-0.4, -0.2) is 50.1 Å². The smallest absolute Gasteiger partial charge is 0.378 e. The Kier molecular flexibility index (Phi) is 6.61. The van der Waals surface area contributed by atoms with E-state index >= 15 is 0 Å². The van der Waals surface area contributed by atoms with Gasteiger partial charge in [-0.2, -0.15) is 24.9 Å². The van der Waals surface area contributed by atoms with Gasteiger partial charge in [-0.1, -0.05) is 0 Å². The van der Waals surface area contributed by atoms with Gasteiger partial charge in [-0.05, 0) is 31.4 Å². The molecule has 0 fully saturated rings. The van der Waals surface area contributed by atoms with Gasteiger partial charge in [0.2, 0.25) is 0 Å². The number of hydrogen-bond acceptors (Lipinski definition) is 3. The van der Waals surface area contributed by atoms with Crippen molar-refractivity contribution >= 4 is 29.2 Å². The summed E-state index contributed by atoms with van der Waals surface area (Å²) in [6.45, 7) is 1.84. The number of carbonyl (C=O) groups is 1. The number of carbonyl (C=O) groups excluding carboxylic acids is 1. The van der Waals surface area contributed by atoms with Gasteiger partial charge < -0.3 is 15.1 Å². The van der Waals surface area contributed by atoms with Crippen LogP contribution < -0.4 is 10.2 Å². The minimum absolute atomic E-state index is 0.0830. The summed E-state index contributed by atoms with van der Waals surface area (Å²) < 4.78 is 39.7. The summed E-state index contributed by atoms with van der Waals surface area (Å²) in [6, 6.07) is 3.20. The molecule has 0 aliphatic rings. The van der Waals surface area contributed by atoms with Gasteiger partial charge in [-0.15, -0.1) is 0 Å². The predicted molar refractivity (Wildman–Crippen MR) is 90.4 cm³/mol. The van der Waals surface area contributed by atoms with Crippen molar-refractivity contribution in [2.75, 3.05) is 43.4 Å². The zero-order valence-electron chi connectivity index (χ0n) is 13.9. The highest BCUT2D eigenvalue weighted by Gasteiger charge is 2.34. The van der Waals surface area contributed by atoms with E-state index in [9.17, 15) is 18.0 Å². The largest absolute Gasteiger partial charge is 0.418 e. The summed E-state index contributed by atoms with van der Waals surface area (Å²) in [7, 11) is 4.88. The van der Waals surface area contributed by atoms with E-state index in [1.807, 2.05) is 13.2 Å². The molecule has 4 nitrogen and oxygen atoms in total. The fourth-order valence-corrected chi connectivity index (χ4v) is 2.62. The lowest BCUT2D eigenvalue weighted by Crippen LogP contribution is -2.39. The van der Waals surface area contributed by atoms with Gasteiger partial charge in [0.05, 0.1) is 11.3 Å². The van der Waals surface area contributed by atoms with E-state index in [1.165, 1.54) is 17.0 Å². The number of anilines is 2. The molecule has 1 rings (SSSR count). The minimum Gasteiger partial charge on any atom is -0.378 e. The Morgan fingerprint density at radius 1 is 1.30 bits per heavy atom. The van der Waals surface area contributed by atoms with Crippen molar-refractivity contribution in [3.63, 3.8) is 0 Å². The van der Waals surface area contributed by atoms with E-state index in [4.69, 9.17) is 0 Å². The van der Waals surface area contributed by atoms with Crippen molar-refractivity contribution < 1.29 is 18.0 Å². The predicted octanol–water partition coefficient (Wildman–Crippen LogP) is 3.99. The van der Waals surface area contributed by atoms with Crippen molar-refractivity contribution in [1.29, 1.82) is 0 Å². The van der Waals surface area contributed by atoms with Gasteiger partial charge in [0.15, 0.2) is 0 Å². The number of benzene rings is 1. The fourth-order valence-electron chi connectivity index (χ4n) is 1.91. The minimum atomic E-state index is -4.54. The second kappa shape index (κ2) is 7.81. The molecule has 0 spiro atoms. The summed E-state index contributed by atoms with van der Waals surface area (Å²) in [5.74, 6) is 0.704. The van der Waals surface area contributed by atoms with E-state index in [0.717, 1.165) is 6.07 Å². The molecule has 23 heavy (non-hydrogen) atoms. The molecule has 1 atom stereocenters. The number of hydrogen-bond donors (Lipinski definition) is 1. The van der Waals surface area contributed by atoms with Crippen LogP contribution in [0.1, 0.15) is 12.5 Å². The first-order valence-corrected chi connectivity index (χ1v) is 8.38. The third-order valence-corrected chi connectivity index (χ3v) is 4.27. The maximum Gasteiger partial charge on any atom is 0.418 e. The molecule has 0 saturated heterocycles. The molecule has 1 aromatic rings. The second-order valence-corrected chi connectivity index (χ2v) is 6.38. The molecular formula is C15H22F3N3OS. The summed E-state index contributed by atoms with van der Waals surface area (Å²) in [4.78, 5) is 15.1. The molecule has 0 aliphatic heterocycles. The Bertz CT molecular complexity index is 549. The topological polar surface area (TPSA) is 35.6 Å². The van der Waals surface area contributed by atoms with Gasteiger partial charge in [0.25, 0.3) is 0 Å². The number of amides is 2. The number of nitrogens with zero attached hydrogens (tertiary/aromatic N) is 2. The second-order valence-electron chi connectivity index (χ2n) is 5.47. The van der Waals surface area contributed by atoms with Crippen LogP contribution in [0.2, 0.25) is 0 Å². The molecule has 1 aromatic carbocycles. The molecule has 8 heteroatoms. The van der Waals surface area contributed by atoms with Crippen LogP contribution in [-0.2, 0) is 6.18 Å². The molecule has 0 aliphatic carbocycles. The Morgan fingerprint density at radius 2 is 1.91 bits per heavy atom. The molecule has 1 unspecified atom stereocenters. The molecule has 0 saturated carbocycles. The summed E-state index contributed by atoms with van der Waals surface area (Å²) in [5, 5.41) is 2.36. The number of urea groups is 1. The highest BCUT2D eigenvalue weighted by Crippen LogP contribution is 2.37. The fraction of sp³-hybridized carbons (Fsp3) is 0.533. The van der Waals surface area contributed by atoms with E-state index < -0.39 is 17.8 Å². The Labute approximate surface area is 139 Å². The maximum atomic E-state index is 13.2. The quantitative estimate of drug-likeness (QED) is 0.873. The van der Waals surface area contributed by atoms with E-state index in [-0.39, 0.29) is 11.7 Å². The highest BCUT2D eigenvalue weighted by molar-refractivity contribution is 7.98. The van der Waals surface area contributed by atoms with E-state index in [2.05, 4.69) is 5.32 Å². The molecule has 0 radical (unpaired) electrons. The number of nitrogens with one attached hydrogen (secondary N) is 1. The van der Waals surface area contributed by atoms with Gasteiger partial charge >= 0.3 is 12.2 Å². The van der Waals surface area contributed by atoms with Gasteiger partial charge in [0.1, 0.15) is 0 Å².